The van der Waals surface area contributed by atoms with E-state index in [0.29, 0.717) is 0 Å². The molecule has 1 aliphatic heterocycles. The molecule has 4 heteroatoms. The van der Waals surface area contributed by atoms with E-state index in [-0.39, 0.29) is 18.2 Å². The van der Waals surface area contributed by atoms with Gasteiger partial charge >= 0.3 is 0 Å². The van der Waals surface area contributed by atoms with Crippen LogP contribution in [0, 0.1) is 0 Å². The lowest BCUT2D eigenvalue weighted by atomic mass is 9.99. The summed E-state index contributed by atoms with van der Waals surface area (Å²) in [6.45, 7) is 6.57. The summed E-state index contributed by atoms with van der Waals surface area (Å²) in [5.41, 5.74) is 0. The van der Waals surface area contributed by atoms with Crippen molar-refractivity contribution in [2.45, 2.75) is 135 Å². The Morgan fingerprint density at radius 2 is 1.50 bits per heavy atom. The number of nitrogens with one attached hydrogen (secondary N) is 1. The number of unbranched alkanes of at least 4 members (excludes halogenated alkanes) is 8. The monoisotopic (exact) mass is 371 g/mol. The highest BCUT2D eigenvalue weighted by atomic mass is 16.7. The van der Waals surface area contributed by atoms with E-state index in [1.54, 1.807) is 0 Å². The molecule has 0 bridgehead atoms. The fourth-order valence-corrected chi connectivity index (χ4v) is 3.87. The maximum Gasteiger partial charge on any atom is 0.185 e. The van der Waals surface area contributed by atoms with E-state index in [9.17, 15) is 5.11 Å². The van der Waals surface area contributed by atoms with Crippen LogP contribution in [0.3, 0.4) is 0 Å². The number of hydrogen-bond acceptors (Lipinski definition) is 4. The molecule has 0 aliphatic carbocycles. The van der Waals surface area contributed by atoms with Crippen molar-refractivity contribution in [2.24, 2.45) is 0 Å². The fourth-order valence-electron chi connectivity index (χ4n) is 3.87. The molecular weight excluding hydrogens is 326 g/mol. The first-order chi connectivity index (χ1) is 12.6. The Hall–Kier alpha value is -0.160. The molecule has 26 heavy (non-hydrogen) atoms. The third kappa shape index (κ3) is 9.68. The number of ether oxygens (including phenoxy) is 2. The summed E-state index contributed by atoms with van der Waals surface area (Å²) in [6, 6.07) is 0.0542. The van der Waals surface area contributed by atoms with E-state index in [1.807, 2.05) is 7.05 Å². The molecule has 1 aliphatic rings. The first-order valence-corrected chi connectivity index (χ1v) is 11.3. The molecule has 0 amide bonds. The average molecular weight is 372 g/mol. The van der Waals surface area contributed by atoms with Crippen LogP contribution in [0.4, 0.5) is 0 Å². The van der Waals surface area contributed by atoms with Crippen molar-refractivity contribution >= 4 is 0 Å². The summed E-state index contributed by atoms with van der Waals surface area (Å²) in [5, 5.41) is 13.8. The normalized spacial score (nSPS) is 26.5. The molecule has 1 fully saturated rings. The standard InChI is InChI=1S/C22H45NO3/c1-5-7-9-11-13-15-19(16-14-12-10-8-6-2)26-22-21(24)20(23-4)17-18(3)25-22/h18-24H,5-17H2,1-4H3/t18?,20?,21?,22-/m0/s1. The highest BCUT2D eigenvalue weighted by molar-refractivity contribution is 4.85. The topological polar surface area (TPSA) is 50.7 Å². The summed E-state index contributed by atoms with van der Waals surface area (Å²) in [5.74, 6) is 0. The molecular formula is C22H45NO3. The quantitative estimate of drug-likeness (QED) is 0.390. The fraction of sp³-hybridized carbons (Fsp3) is 1.00. The van der Waals surface area contributed by atoms with Gasteiger partial charge in [0.2, 0.25) is 0 Å². The molecule has 0 aromatic rings. The summed E-state index contributed by atoms with van der Waals surface area (Å²) in [6.07, 6.45) is 15.1. The zero-order valence-electron chi connectivity index (χ0n) is 17.8. The minimum atomic E-state index is -0.584. The summed E-state index contributed by atoms with van der Waals surface area (Å²) >= 11 is 0. The van der Waals surface area contributed by atoms with Gasteiger partial charge in [-0.05, 0) is 33.2 Å². The van der Waals surface area contributed by atoms with Crippen molar-refractivity contribution in [3.63, 3.8) is 0 Å². The predicted molar refractivity (Wildman–Crippen MR) is 109 cm³/mol. The van der Waals surface area contributed by atoms with Gasteiger partial charge in [-0.25, -0.2) is 0 Å². The average Bonchev–Trinajstić information content (AvgIpc) is 2.63. The molecule has 0 saturated carbocycles. The highest BCUT2D eigenvalue weighted by Crippen LogP contribution is 2.25. The molecule has 1 saturated heterocycles. The van der Waals surface area contributed by atoms with Crippen LogP contribution >= 0.6 is 0 Å². The van der Waals surface area contributed by atoms with Crippen LogP contribution in [0.1, 0.15) is 104 Å². The van der Waals surface area contributed by atoms with Gasteiger partial charge in [-0.3, -0.25) is 0 Å². The maximum atomic E-state index is 10.6. The van der Waals surface area contributed by atoms with Gasteiger partial charge in [-0.2, -0.15) is 0 Å². The van der Waals surface area contributed by atoms with Crippen LogP contribution in [0.15, 0.2) is 0 Å². The smallest absolute Gasteiger partial charge is 0.185 e. The zero-order chi connectivity index (χ0) is 19.2. The van der Waals surface area contributed by atoms with E-state index in [4.69, 9.17) is 9.47 Å². The van der Waals surface area contributed by atoms with Gasteiger partial charge in [0.25, 0.3) is 0 Å². The number of hydrogen-bond donors (Lipinski definition) is 2. The van der Waals surface area contributed by atoms with Crippen molar-refractivity contribution < 1.29 is 14.6 Å². The molecule has 1 rings (SSSR count). The lowest BCUT2D eigenvalue weighted by Crippen LogP contribution is -2.54. The Bertz CT molecular complexity index is 313. The predicted octanol–water partition coefficient (Wildman–Crippen LogP) is 5.18. The maximum absolute atomic E-state index is 10.6. The van der Waals surface area contributed by atoms with Crippen LogP contribution in [0.5, 0.6) is 0 Å². The molecule has 0 aromatic carbocycles. The summed E-state index contributed by atoms with van der Waals surface area (Å²) < 4.78 is 12.2. The molecule has 1 heterocycles. The second kappa shape index (κ2) is 14.8. The van der Waals surface area contributed by atoms with Gasteiger partial charge < -0.3 is 19.9 Å². The van der Waals surface area contributed by atoms with E-state index < -0.39 is 12.4 Å². The van der Waals surface area contributed by atoms with Crippen LogP contribution < -0.4 is 5.32 Å². The van der Waals surface area contributed by atoms with E-state index in [1.165, 1.54) is 64.2 Å². The van der Waals surface area contributed by atoms with Crippen LogP contribution in [0.2, 0.25) is 0 Å². The first kappa shape index (κ1) is 23.9. The Morgan fingerprint density at radius 3 is 2.00 bits per heavy atom. The Kier molecular flexibility index (Phi) is 13.6. The molecule has 4 nitrogen and oxygen atoms in total. The van der Waals surface area contributed by atoms with Gasteiger partial charge in [-0.15, -0.1) is 0 Å². The second-order valence-corrected chi connectivity index (χ2v) is 8.10. The summed E-state index contributed by atoms with van der Waals surface area (Å²) in [7, 11) is 1.90. The van der Waals surface area contributed by atoms with Gasteiger partial charge in [0, 0.05) is 6.04 Å². The van der Waals surface area contributed by atoms with Crippen molar-refractivity contribution in [2.75, 3.05) is 7.05 Å². The lowest BCUT2D eigenvalue weighted by Gasteiger charge is -2.39. The SMILES string of the molecule is CCCCCCCC(CCCCCCC)O[C@@H]1OC(C)CC(NC)C1O. The largest absolute Gasteiger partial charge is 0.386 e. The van der Waals surface area contributed by atoms with Gasteiger partial charge in [0.1, 0.15) is 6.10 Å². The zero-order valence-corrected chi connectivity index (χ0v) is 17.8. The number of aliphatic hydroxyl groups excluding tert-OH is 1. The summed E-state index contributed by atoms with van der Waals surface area (Å²) in [4.78, 5) is 0. The molecule has 156 valence electrons. The van der Waals surface area contributed by atoms with Gasteiger partial charge in [-0.1, -0.05) is 78.1 Å². The first-order valence-electron chi connectivity index (χ1n) is 11.3. The minimum Gasteiger partial charge on any atom is -0.386 e. The van der Waals surface area contributed by atoms with Crippen molar-refractivity contribution in [3.05, 3.63) is 0 Å². The minimum absolute atomic E-state index is 0.0542. The molecule has 0 spiro atoms. The van der Waals surface area contributed by atoms with Crippen molar-refractivity contribution in [1.29, 1.82) is 0 Å². The molecule has 2 N–H and O–H groups in total. The third-order valence-corrected chi connectivity index (χ3v) is 5.60. The highest BCUT2D eigenvalue weighted by Gasteiger charge is 2.37. The van der Waals surface area contributed by atoms with Gasteiger partial charge in [0.15, 0.2) is 6.29 Å². The Labute approximate surface area is 162 Å². The molecule has 3 unspecified atom stereocenters. The molecule has 0 radical (unpaired) electrons. The number of rotatable bonds is 15. The van der Waals surface area contributed by atoms with Crippen LogP contribution in [-0.2, 0) is 9.47 Å². The third-order valence-electron chi connectivity index (χ3n) is 5.60. The number of aliphatic hydroxyl groups is 1. The Balaban J connectivity index is 2.47. The van der Waals surface area contributed by atoms with E-state index >= 15 is 0 Å². The molecule has 4 atom stereocenters. The van der Waals surface area contributed by atoms with Gasteiger partial charge in [0.05, 0.1) is 12.2 Å². The van der Waals surface area contributed by atoms with Crippen molar-refractivity contribution in [1.82, 2.24) is 5.32 Å². The Morgan fingerprint density at radius 1 is 0.962 bits per heavy atom. The van der Waals surface area contributed by atoms with Crippen molar-refractivity contribution in [3.8, 4) is 0 Å². The van der Waals surface area contributed by atoms with Crippen LogP contribution in [0.25, 0.3) is 0 Å². The second-order valence-electron chi connectivity index (χ2n) is 8.10. The lowest BCUT2D eigenvalue weighted by molar-refractivity contribution is -0.261. The van der Waals surface area contributed by atoms with Crippen LogP contribution in [-0.4, -0.2) is 42.8 Å². The molecule has 0 aromatic heterocycles. The van der Waals surface area contributed by atoms with E-state index in [2.05, 4.69) is 26.1 Å². The number of likely N-dealkylation sites (N-methyl/N-ethyl adjacent to an activating group) is 1. The van der Waals surface area contributed by atoms with E-state index in [0.717, 1.165) is 19.3 Å².